The molecule has 0 spiro atoms. The highest BCUT2D eigenvalue weighted by Gasteiger charge is 2.25. The van der Waals surface area contributed by atoms with Crippen LogP contribution in [0.1, 0.15) is 67.1 Å². The van der Waals surface area contributed by atoms with E-state index in [2.05, 4.69) is 81.2 Å². The number of anilines is 1. The Labute approximate surface area is 287 Å². The number of carbonyl (C=O) groups is 2. The summed E-state index contributed by atoms with van der Waals surface area (Å²) in [5.41, 5.74) is 6.97. The monoisotopic (exact) mass is 645 g/mol. The minimum atomic E-state index is 0.0163. The van der Waals surface area contributed by atoms with Crippen molar-refractivity contribution in [3.8, 4) is 16.9 Å². The lowest BCUT2D eigenvalue weighted by atomic mass is 9.94. The second-order valence-electron chi connectivity index (χ2n) is 13.4. The molecule has 0 atom stereocenters. The molecular weight excluding hydrogens is 594 g/mol. The smallest absolute Gasteiger partial charge is 0.254 e. The van der Waals surface area contributed by atoms with Crippen molar-refractivity contribution in [3.05, 3.63) is 119 Å². The standard InChI is InChI=1S/C42H51N3O3/c1-5-28-48-40-19-12-10-17-37(40)34-22-23-38(35(30-34)21-20-33-14-7-6-8-15-33)42(47)44-27-26-43(4)24-13-25-45(41(46)29-32(2)3)39-18-11-9-16-36(39)31-44/h6-12,14-19,22-23,30,32H,5,13,20-21,24-29,31H2,1-4H3. The van der Waals surface area contributed by atoms with Crippen molar-refractivity contribution in [2.24, 2.45) is 5.92 Å². The number of likely N-dealkylation sites (N-methyl/N-ethyl adjacent to an activating group) is 1. The summed E-state index contributed by atoms with van der Waals surface area (Å²) < 4.78 is 6.12. The molecule has 0 saturated heterocycles. The van der Waals surface area contributed by atoms with Gasteiger partial charge in [-0.1, -0.05) is 99.6 Å². The van der Waals surface area contributed by atoms with Gasteiger partial charge in [0.25, 0.3) is 5.91 Å². The summed E-state index contributed by atoms with van der Waals surface area (Å²) in [6, 6.07) is 33.0. The number of nitrogens with zero attached hydrogens (tertiary/aromatic N) is 3. The van der Waals surface area contributed by atoms with Crippen molar-refractivity contribution in [1.29, 1.82) is 0 Å². The van der Waals surface area contributed by atoms with Crippen LogP contribution in [0, 0.1) is 5.92 Å². The van der Waals surface area contributed by atoms with Gasteiger partial charge in [-0.2, -0.15) is 0 Å². The number of aryl methyl sites for hydroxylation is 2. The zero-order valence-corrected chi connectivity index (χ0v) is 29.2. The van der Waals surface area contributed by atoms with Gasteiger partial charge in [0.05, 0.1) is 6.61 Å². The summed E-state index contributed by atoms with van der Waals surface area (Å²) >= 11 is 0. The van der Waals surface area contributed by atoms with E-state index in [1.165, 1.54) is 5.56 Å². The lowest BCUT2D eigenvalue weighted by Crippen LogP contribution is -2.37. The third-order valence-corrected chi connectivity index (χ3v) is 9.01. The number of fused-ring (bicyclic) bond motifs is 1. The molecule has 6 nitrogen and oxygen atoms in total. The minimum absolute atomic E-state index is 0.0163. The van der Waals surface area contributed by atoms with Crippen molar-refractivity contribution >= 4 is 17.5 Å². The average Bonchev–Trinajstić information content (AvgIpc) is 3.13. The van der Waals surface area contributed by atoms with E-state index in [1.54, 1.807) is 0 Å². The largest absolute Gasteiger partial charge is 0.493 e. The predicted octanol–water partition coefficient (Wildman–Crippen LogP) is 8.28. The maximum absolute atomic E-state index is 14.7. The summed E-state index contributed by atoms with van der Waals surface area (Å²) in [6.07, 6.45) is 3.87. The van der Waals surface area contributed by atoms with Gasteiger partial charge in [-0.3, -0.25) is 9.59 Å². The van der Waals surface area contributed by atoms with Crippen LogP contribution in [0.25, 0.3) is 11.1 Å². The number of hydrogen-bond acceptors (Lipinski definition) is 4. The molecule has 0 aromatic heterocycles. The molecule has 48 heavy (non-hydrogen) atoms. The lowest BCUT2D eigenvalue weighted by molar-refractivity contribution is -0.119. The second kappa shape index (κ2) is 17.1. The normalized spacial score (nSPS) is 14.4. The highest BCUT2D eigenvalue weighted by atomic mass is 16.5. The molecule has 0 radical (unpaired) electrons. The van der Waals surface area contributed by atoms with Gasteiger partial charge in [0, 0.05) is 49.4 Å². The van der Waals surface area contributed by atoms with Crippen molar-refractivity contribution in [2.45, 2.75) is 59.4 Å². The van der Waals surface area contributed by atoms with Crippen molar-refractivity contribution in [2.75, 3.05) is 44.7 Å². The lowest BCUT2D eigenvalue weighted by Gasteiger charge is -2.29. The molecule has 2 amide bonds. The number of hydrogen-bond donors (Lipinski definition) is 0. The number of benzene rings is 4. The molecule has 1 aliphatic rings. The van der Waals surface area contributed by atoms with Gasteiger partial charge in [-0.05, 0) is 85.6 Å². The molecule has 4 aromatic rings. The molecule has 0 N–H and O–H groups in total. The summed E-state index contributed by atoms with van der Waals surface area (Å²) in [4.78, 5) is 34.4. The van der Waals surface area contributed by atoms with Gasteiger partial charge in [-0.15, -0.1) is 0 Å². The fraction of sp³-hybridized carbons (Fsp3) is 0.381. The van der Waals surface area contributed by atoms with E-state index in [4.69, 9.17) is 4.74 Å². The Bertz CT molecular complexity index is 1650. The van der Waals surface area contributed by atoms with E-state index >= 15 is 0 Å². The Hall–Kier alpha value is -4.42. The summed E-state index contributed by atoms with van der Waals surface area (Å²) in [6.45, 7) is 10.2. The SMILES string of the molecule is CCCOc1ccccc1-c1ccc(C(=O)N2CCN(C)CCCN(C(=O)CC(C)C)c3ccccc3C2)c(CCc2ccccc2)c1. The van der Waals surface area contributed by atoms with Crippen LogP contribution in [0.4, 0.5) is 5.69 Å². The Morgan fingerprint density at radius 2 is 1.56 bits per heavy atom. The average molecular weight is 646 g/mol. The van der Waals surface area contributed by atoms with Crippen LogP contribution in [0.2, 0.25) is 0 Å². The third kappa shape index (κ3) is 9.13. The van der Waals surface area contributed by atoms with E-state index < -0.39 is 0 Å². The molecule has 0 bridgehead atoms. The number of para-hydroxylation sites is 2. The van der Waals surface area contributed by atoms with Crippen LogP contribution < -0.4 is 9.64 Å². The number of ether oxygens (including phenoxy) is 1. The summed E-state index contributed by atoms with van der Waals surface area (Å²) in [5.74, 6) is 1.28. The quantitative estimate of drug-likeness (QED) is 0.174. The predicted molar refractivity (Wildman–Crippen MR) is 197 cm³/mol. The highest BCUT2D eigenvalue weighted by molar-refractivity contribution is 5.97. The van der Waals surface area contributed by atoms with Gasteiger partial charge in [0.1, 0.15) is 5.75 Å². The third-order valence-electron chi connectivity index (χ3n) is 9.01. The molecule has 1 aliphatic heterocycles. The molecule has 1 heterocycles. The first-order chi connectivity index (χ1) is 23.3. The van der Waals surface area contributed by atoms with E-state index in [0.717, 1.165) is 78.0 Å². The summed E-state index contributed by atoms with van der Waals surface area (Å²) in [7, 11) is 2.10. The van der Waals surface area contributed by atoms with Gasteiger partial charge in [-0.25, -0.2) is 0 Å². The van der Waals surface area contributed by atoms with E-state index in [1.807, 2.05) is 58.3 Å². The Balaban J connectivity index is 1.53. The maximum atomic E-state index is 14.7. The van der Waals surface area contributed by atoms with Crippen LogP contribution in [0.3, 0.4) is 0 Å². The second-order valence-corrected chi connectivity index (χ2v) is 13.4. The van der Waals surface area contributed by atoms with Gasteiger partial charge in [0.2, 0.25) is 5.91 Å². The zero-order chi connectivity index (χ0) is 33.9. The van der Waals surface area contributed by atoms with Crippen LogP contribution in [-0.2, 0) is 24.2 Å². The van der Waals surface area contributed by atoms with Gasteiger partial charge in [0.15, 0.2) is 0 Å². The summed E-state index contributed by atoms with van der Waals surface area (Å²) in [5, 5.41) is 0. The number of amides is 2. The highest BCUT2D eigenvalue weighted by Crippen LogP contribution is 2.33. The fourth-order valence-corrected chi connectivity index (χ4v) is 6.42. The number of carbonyl (C=O) groups excluding carboxylic acids is 2. The molecule has 252 valence electrons. The zero-order valence-electron chi connectivity index (χ0n) is 29.2. The van der Waals surface area contributed by atoms with Gasteiger partial charge < -0.3 is 19.4 Å². The molecule has 5 rings (SSSR count). The van der Waals surface area contributed by atoms with Crippen LogP contribution in [0.5, 0.6) is 5.75 Å². The van der Waals surface area contributed by atoms with E-state index in [0.29, 0.717) is 32.7 Å². The topological polar surface area (TPSA) is 53.1 Å². The molecule has 6 heteroatoms. The maximum Gasteiger partial charge on any atom is 0.254 e. The van der Waals surface area contributed by atoms with Crippen LogP contribution in [0.15, 0.2) is 97.1 Å². The Morgan fingerprint density at radius 3 is 2.35 bits per heavy atom. The van der Waals surface area contributed by atoms with Crippen molar-refractivity contribution in [3.63, 3.8) is 0 Å². The minimum Gasteiger partial charge on any atom is -0.493 e. The Kier molecular flexibility index (Phi) is 12.4. The molecule has 4 aromatic carbocycles. The van der Waals surface area contributed by atoms with Crippen molar-refractivity contribution < 1.29 is 14.3 Å². The van der Waals surface area contributed by atoms with Crippen LogP contribution in [-0.4, -0.2) is 61.4 Å². The van der Waals surface area contributed by atoms with E-state index in [-0.39, 0.29) is 17.7 Å². The van der Waals surface area contributed by atoms with E-state index in [9.17, 15) is 9.59 Å². The first-order valence-corrected chi connectivity index (χ1v) is 17.6. The fourth-order valence-electron chi connectivity index (χ4n) is 6.42. The molecule has 0 fully saturated rings. The number of rotatable bonds is 10. The molecular formula is C42H51N3O3. The van der Waals surface area contributed by atoms with Gasteiger partial charge >= 0.3 is 0 Å². The molecule has 0 saturated carbocycles. The van der Waals surface area contributed by atoms with Crippen LogP contribution >= 0.6 is 0 Å². The Morgan fingerprint density at radius 1 is 0.812 bits per heavy atom. The first kappa shape index (κ1) is 34.9. The van der Waals surface area contributed by atoms with Crippen molar-refractivity contribution in [1.82, 2.24) is 9.80 Å². The molecule has 0 aliphatic carbocycles. The molecule has 0 unspecified atom stereocenters. The first-order valence-electron chi connectivity index (χ1n) is 17.6.